The lowest BCUT2D eigenvalue weighted by Crippen LogP contribution is -2.28. The van der Waals surface area contributed by atoms with Gasteiger partial charge < -0.3 is 10.4 Å². The molecule has 0 radical (unpaired) electrons. The summed E-state index contributed by atoms with van der Waals surface area (Å²) in [6.07, 6.45) is 0.933. The minimum absolute atomic E-state index is 0.183. The van der Waals surface area contributed by atoms with Crippen molar-refractivity contribution in [3.63, 3.8) is 0 Å². The Kier molecular flexibility index (Phi) is 4.84. The maximum atomic E-state index is 12.2. The minimum Gasteiger partial charge on any atom is -0.481 e. The van der Waals surface area contributed by atoms with Crippen LogP contribution < -0.4 is 5.32 Å². The van der Waals surface area contributed by atoms with Crippen molar-refractivity contribution in [1.82, 2.24) is 0 Å². The summed E-state index contributed by atoms with van der Waals surface area (Å²) in [7, 11) is 0. The summed E-state index contributed by atoms with van der Waals surface area (Å²) in [6, 6.07) is 14.4. The lowest BCUT2D eigenvalue weighted by atomic mass is 9.85. The van der Waals surface area contributed by atoms with Gasteiger partial charge in [0.25, 0.3) is 5.91 Å². The van der Waals surface area contributed by atoms with Crippen molar-refractivity contribution < 1.29 is 14.7 Å². The van der Waals surface area contributed by atoms with E-state index >= 15 is 0 Å². The first-order valence-electron chi connectivity index (χ1n) is 7.59. The molecule has 0 atom stereocenters. The molecule has 2 aromatic carbocycles. The number of hydrogen-bond acceptors (Lipinski definition) is 2. The maximum absolute atomic E-state index is 12.2. The Hall–Kier alpha value is -2.62. The first-order valence-corrected chi connectivity index (χ1v) is 7.59. The summed E-state index contributed by atoms with van der Waals surface area (Å²) in [5.41, 5.74) is 2.15. The molecule has 0 aliphatic heterocycles. The van der Waals surface area contributed by atoms with E-state index in [-0.39, 0.29) is 5.91 Å². The van der Waals surface area contributed by atoms with Crippen LogP contribution in [0.15, 0.2) is 48.5 Å². The van der Waals surface area contributed by atoms with Gasteiger partial charge in [0.1, 0.15) is 0 Å². The molecule has 0 aliphatic carbocycles. The van der Waals surface area contributed by atoms with Crippen molar-refractivity contribution >= 4 is 17.6 Å². The summed E-state index contributed by atoms with van der Waals surface area (Å²) >= 11 is 0. The average Bonchev–Trinajstić information content (AvgIpc) is 2.55. The molecule has 1 amide bonds. The Balaban J connectivity index is 2.11. The van der Waals surface area contributed by atoms with E-state index in [1.807, 2.05) is 12.1 Å². The second-order valence-electron chi connectivity index (χ2n) is 6.01. The van der Waals surface area contributed by atoms with E-state index in [0.717, 1.165) is 6.42 Å². The Labute approximate surface area is 136 Å². The second-order valence-corrected chi connectivity index (χ2v) is 6.01. The number of hydrogen-bond donors (Lipinski definition) is 2. The molecule has 2 N–H and O–H groups in total. The largest absolute Gasteiger partial charge is 0.481 e. The third-order valence-corrected chi connectivity index (χ3v) is 4.02. The van der Waals surface area contributed by atoms with Gasteiger partial charge in [0.05, 0.1) is 5.41 Å². The topological polar surface area (TPSA) is 66.4 Å². The average molecular weight is 311 g/mol. The summed E-state index contributed by atoms with van der Waals surface area (Å²) in [6.45, 7) is 5.37. The van der Waals surface area contributed by atoms with Gasteiger partial charge >= 0.3 is 5.97 Å². The number of carboxylic acid groups (broad SMARTS) is 1. The zero-order valence-electron chi connectivity index (χ0n) is 13.6. The number of rotatable bonds is 5. The molecule has 4 nitrogen and oxygen atoms in total. The molecule has 0 unspecified atom stereocenters. The Morgan fingerprint density at radius 1 is 1.00 bits per heavy atom. The molecule has 2 rings (SSSR count). The van der Waals surface area contributed by atoms with Gasteiger partial charge in [-0.15, -0.1) is 0 Å². The van der Waals surface area contributed by atoms with Crippen molar-refractivity contribution in [3.05, 3.63) is 65.2 Å². The fourth-order valence-electron chi connectivity index (χ4n) is 2.19. The van der Waals surface area contributed by atoms with Gasteiger partial charge in [-0.3, -0.25) is 9.59 Å². The number of amides is 1. The van der Waals surface area contributed by atoms with Gasteiger partial charge in [-0.2, -0.15) is 0 Å². The van der Waals surface area contributed by atoms with E-state index < -0.39 is 11.4 Å². The fourth-order valence-corrected chi connectivity index (χ4v) is 2.19. The van der Waals surface area contributed by atoms with Gasteiger partial charge in [0, 0.05) is 11.3 Å². The van der Waals surface area contributed by atoms with Crippen molar-refractivity contribution in [2.45, 2.75) is 32.6 Å². The molecule has 2 aromatic rings. The van der Waals surface area contributed by atoms with E-state index in [2.05, 4.69) is 12.2 Å². The van der Waals surface area contributed by atoms with Crippen LogP contribution in [-0.4, -0.2) is 17.0 Å². The van der Waals surface area contributed by atoms with Gasteiger partial charge in [-0.05, 0) is 55.7 Å². The number of nitrogens with one attached hydrogen (secondary N) is 1. The molecule has 0 aliphatic rings. The van der Waals surface area contributed by atoms with Crippen LogP contribution in [-0.2, 0) is 16.6 Å². The highest BCUT2D eigenvalue weighted by molar-refractivity contribution is 6.04. The Bertz CT molecular complexity index is 700. The molecule has 0 bridgehead atoms. The third kappa shape index (κ3) is 3.77. The molecule has 0 aromatic heterocycles. The number of aryl methyl sites for hydroxylation is 1. The summed E-state index contributed by atoms with van der Waals surface area (Å²) in [4.78, 5) is 23.5. The van der Waals surface area contributed by atoms with Crippen molar-refractivity contribution in [2.75, 3.05) is 5.32 Å². The zero-order valence-corrected chi connectivity index (χ0v) is 13.6. The van der Waals surface area contributed by atoms with Crippen molar-refractivity contribution in [1.29, 1.82) is 0 Å². The van der Waals surface area contributed by atoms with Crippen LogP contribution in [0.4, 0.5) is 5.69 Å². The van der Waals surface area contributed by atoms with Crippen LogP contribution >= 0.6 is 0 Å². The molecular formula is C19H21NO3. The van der Waals surface area contributed by atoms with Gasteiger partial charge in [-0.1, -0.05) is 31.2 Å². The van der Waals surface area contributed by atoms with Gasteiger partial charge in [-0.25, -0.2) is 0 Å². The fraction of sp³-hybridized carbons (Fsp3) is 0.263. The third-order valence-electron chi connectivity index (χ3n) is 4.02. The second kappa shape index (κ2) is 6.65. The SMILES string of the molecule is CCc1ccc(C(=O)Nc2ccc(C(C)(C)C(=O)O)cc2)cc1. The van der Waals surface area contributed by atoms with E-state index in [0.29, 0.717) is 16.8 Å². The highest BCUT2D eigenvalue weighted by atomic mass is 16.4. The highest BCUT2D eigenvalue weighted by Crippen LogP contribution is 2.25. The predicted octanol–water partition coefficient (Wildman–Crippen LogP) is 3.86. The molecule has 0 fully saturated rings. The van der Waals surface area contributed by atoms with E-state index in [9.17, 15) is 14.7 Å². The van der Waals surface area contributed by atoms with Crippen LogP contribution in [0.5, 0.6) is 0 Å². The molecular weight excluding hydrogens is 290 g/mol. The van der Waals surface area contributed by atoms with E-state index in [1.165, 1.54) is 5.56 Å². The first kappa shape index (κ1) is 16.7. The number of anilines is 1. The summed E-state index contributed by atoms with van der Waals surface area (Å²) in [5, 5.41) is 12.0. The molecule has 120 valence electrons. The molecule has 0 saturated heterocycles. The zero-order chi connectivity index (χ0) is 17.0. The quantitative estimate of drug-likeness (QED) is 0.881. The maximum Gasteiger partial charge on any atom is 0.313 e. The summed E-state index contributed by atoms with van der Waals surface area (Å²) in [5.74, 6) is -1.07. The smallest absolute Gasteiger partial charge is 0.313 e. The lowest BCUT2D eigenvalue weighted by Gasteiger charge is -2.19. The van der Waals surface area contributed by atoms with Crippen LogP contribution in [0, 0.1) is 0 Å². The normalized spacial score (nSPS) is 11.1. The van der Waals surface area contributed by atoms with Crippen molar-refractivity contribution in [2.24, 2.45) is 0 Å². The summed E-state index contributed by atoms with van der Waals surface area (Å²) < 4.78 is 0. The Morgan fingerprint density at radius 2 is 1.57 bits per heavy atom. The number of benzene rings is 2. The predicted molar refractivity (Wildman–Crippen MR) is 90.9 cm³/mol. The van der Waals surface area contributed by atoms with Crippen LogP contribution in [0.1, 0.15) is 42.3 Å². The molecule has 0 spiro atoms. The van der Waals surface area contributed by atoms with Crippen LogP contribution in [0.25, 0.3) is 0 Å². The molecule has 0 saturated carbocycles. The number of aliphatic carboxylic acids is 1. The van der Waals surface area contributed by atoms with Crippen molar-refractivity contribution in [3.8, 4) is 0 Å². The standard InChI is InChI=1S/C19H21NO3/c1-4-13-5-7-14(8-6-13)17(21)20-16-11-9-15(10-12-16)19(2,3)18(22)23/h5-12H,4H2,1-3H3,(H,20,21)(H,22,23). The molecule has 0 heterocycles. The number of carbonyl (C=O) groups excluding carboxylic acids is 1. The first-order chi connectivity index (χ1) is 10.8. The molecule has 4 heteroatoms. The Morgan fingerprint density at radius 3 is 2.04 bits per heavy atom. The lowest BCUT2D eigenvalue weighted by molar-refractivity contribution is -0.142. The highest BCUT2D eigenvalue weighted by Gasteiger charge is 2.29. The number of carbonyl (C=O) groups is 2. The van der Waals surface area contributed by atoms with Gasteiger partial charge in [0.15, 0.2) is 0 Å². The number of carboxylic acids is 1. The van der Waals surface area contributed by atoms with E-state index in [4.69, 9.17) is 0 Å². The monoisotopic (exact) mass is 311 g/mol. The van der Waals surface area contributed by atoms with Crippen LogP contribution in [0.3, 0.4) is 0 Å². The van der Waals surface area contributed by atoms with Crippen LogP contribution in [0.2, 0.25) is 0 Å². The minimum atomic E-state index is -0.960. The molecule has 23 heavy (non-hydrogen) atoms. The van der Waals surface area contributed by atoms with Gasteiger partial charge in [0.2, 0.25) is 0 Å². The van der Waals surface area contributed by atoms with E-state index in [1.54, 1.807) is 50.2 Å².